The van der Waals surface area contributed by atoms with Gasteiger partial charge in [0.15, 0.2) is 0 Å². The summed E-state index contributed by atoms with van der Waals surface area (Å²) < 4.78 is 13.9. The Morgan fingerprint density at radius 1 is 1.33 bits per heavy atom. The van der Waals surface area contributed by atoms with E-state index >= 15 is 0 Å². The molecule has 1 fully saturated rings. The summed E-state index contributed by atoms with van der Waals surface area (Å²) in [5.41, 5.74) is 1.17. The molecule has 0 radical (unpaired) electrons. The van der Waals surface area contributed by atoms with E-state index in [0.29, 0.717) is 17.2 Å². The molecule has 1 aromatic carbocycles. The first-order valence-corrected chi connectivity index (χ1v) is 6.50. The van der Waals surface area contributed by atoms with Crippen molar-refractivity contribution in [2.45, 2.75) is 25.9 Å². The van der Waals surface area contributed by atoms with Gasteiger partial charge in [0.2, 0.25) is 0 Å². The molecule has 0 bridgehead atoms. The fourth-order valence-electron chi connectivity index (χ4n) is 2.73. The Labute approximate surface area is 107 Å². The third kappa shape index (κ3) is 2.82. The topological polar surface area (TPSA) is 43.7 Å². The van der Waals surface area contributed by atoms with E-state index in [9.17, 15) is 9.50 Å². The first kappa shape index (κ1) is 13.3. The Balaban J connectivity index is 2.20. The molecule has 1 aliphatic heterocycles. The molecule has 0 spiro atoms. The van der Waals surface area contributed by atoms with Crippen molar-refractivity contribution in [2.75, 3.05) is 24.6 Å². The zero-order valence-corrected chi connectivity index (χ0v) is 10.5. The van der Waals surface area contributed by atoms with E-state index in [1.54, 1.807) is 12.1 Å². The molecule has 100 valence electrons. The quantitative estimate of drug-likeness (QED) is 0.861. The Hall–Kier alpha value is -1.13. The second-order valence-electron chi connectivity index (χ2n) is 4.87. The first-order chi connectivity index (χ1) is 8.76. The maximum absolute atomic E-state index is 13.9. The van der Waals surface area contributed by atoms with Crippen molar-refractivity contribution in [3.63, 3.8) is 0 Å². The molecule has 1 aliphatic rings. The number of hydrogen-bond donors (Lipinski definition) is 2. The van der Waals surface area contributed by atoms with Crippen molar-refractivity contribution in [3.8, 4) is 0 Å². The van der Waals surface area contributed by atoms with Crippen molar-refractivity contribution in [3.05, 3.63) is 29.6 Å². The number of piperidine rings is 1. The molecule has 18 heavy (non-hydrogen) atoms. The predicted octanol–water partition coefficient (Wildman–Crippen LogP) is 1.92. The van der Waals surface area contributed by atoms with E-state index in [0.717, 1.165) is 32.4 Å². The fraction of sp³-hybridized carbons (Fsp3) is 0.571. The summed E-state index contributed by atoms with van der Waals surface area (Å²) in [7, 11) is 0. The number of anilines is 1. The molecule has 4 heteroatoms. The monoisotopic (exact) mass is 253 g/mol. The van der Waals surface area contributed by atoms with E-state index in [1.807, 2.05) is 4.90 Å². The van der Waals surface area contributed by atoms with Gasteiger partial charge >= 0.3 is 0 Å². The lowest BCUT2D eigenvalue weighted by molar-refractivity contribution is 0.243. The van der Waals surface area contributed by atoms with Crippen molar-refractivity contribution in [2.24, 2.45) is 5.92 Å². The number of halogens is 1. The van der Waals surface area contributed by atoms with Gasteiger partial charge in [-0.25, -0.2) is 4.39 Å². The third-order valence-electron chi connectivity index (χ3n) is 3.61. The van der Waals surface area contributed by atoms with Gasteiger partial charge in [0.05, 0.1) is 12.3 Å². The molecule has 1 unspecified atom stereocenters. The van der Waals surface area contributed by atoms with Crippen molar-refractivity contribution in [1.82, 2.24) is 0 Å². The van der Waals surface area contributed by atoms with Crippen LogP contribution in [0.5, 0.6) is 0 Å². The molecule has 1 heterocycles. The van der Waals surface area contributed by atoms with Gasteiger partial charge in [0.25, 0.3) is 0 Å². The number of nitrogens with zero attached hydrogens (tertiary/aromatic N) is 1. The van der Waals surface area contributed by atoms with Crippen LogP contribution in [-0.2, 0) is 6.61 Å². The van der Waals surface area contributed by atoms with Crippen LogP contribution in [0.3, 0.4) is 0 Å². The first-order valence-electron chi connectivity index (χ1n) is 6.50. The lowest BCUT2D eigenvalue weighted by atomic mass is 9.94. The van der Waals surface area contributed by atoms with E-state index in [-0.39, 0.29) is 19.0 Å². The van der Waals surface area contributed by atoms with E-state index in [2.05, 4.69) is 0 Å². The average molecular weight is 253 g/mol. The highest BCUT2D eigenvalue weighted by atomic mass is 19.1. The Morgan fingerprint density at radius 2 is 2.17 bits per heavy atom. The molecule has 0 aromatic heterocycles. The van der Waals surface area contributed by atoms with Crippen LogP contribution in [0.2, 0.25) is 0 Å². The highest BCUT2D eigenvalue weighted by molar-refractivity contribution is 5.55. The largest absolute Gasteiger partial charge is 0.396 e. The maximum atomic E-state index is 13.9. The highest BCUT2D eigenvalue weighted by Crippen LogP contribution is 2.30. The third-order valence-corrected chi connectivity index (χ3v) is 3.61. The molecular weight excluding hydrogens is 233 g/mol. The van der Waals surface area contributed by atoms with E-state index < -0.39 is 0 Å². The van der Waals surface area contributed by atoms with Gasteiger partial charge in [-0.3, -0.25) is 0 Å². The van der Waals surface area contributed by atoms with Gasteiger partial charge in [0, 0.05) is 25.3 Å². The molecule has 2 N–H and O–H groups in total. The molecule has 1 atom stereocenters. The molecule has 0 saturated carbocycles. The number of aliphatic hydroxyl groups is 2. The van der Waals surface area contributed by atoms with Crippen LogP contribution in [0.25, 0.3) is 0 Å². The molecule has 3 nitrogen and oxygen atoms in total. The number of benzene rings is 1. The summed E-state index contributed by atoms with van der Waals surface area (Å²) in [6.45, 7) is 1.61. The minimum atomic E-state index is -0.272. The van der Waals surface area contributed by atoms with Crippen LogP contribution < -0.4 is 4.90 Å². The lowest BCUT2D eigenvalue weighted by Crippen LogP contribution is -2.37. The second-order valence-corrected chi connectivity index (χ2v) is 4.87. The molecule has 1 aromatic rings. The van der Waals surface area contributed by atoms with Gasteiger partial charge < -0.3 is 15.1 Å². The number of rotatable bonds is 4. The smallest absolute Gasteiger partial charge is 0.146 e. The second kappa shape index (κ2) is 6.16. The van der Waals surface area contributed by atoms with Crippen LogP contribution in [0.1, 0.15) is 24.8 Å². The van der Waals surface area contributed by atoms with Crippen LogP contribution in [0, 0.1) is 11.7 Å². The summed E-state index contributed by atoms with van der Waals surface area (Å²) in [6.07, 6.45) is 2.85. The summed E-state index contributed by atoms with van der Waals surface area (Å²) in [4.78, 5) is 2.00. The number of hydrogen-bond acceptors (Lipinski definition) is 3. The molecule has 0 aliphatic carbocycles. The van der Waals surface area contributed by atoms with E-state index in [4.69, 9.17) is 5.11 Å². The Bertz CT molecular complexity index is 395. The van der Waals surface area contributed by atoms with E-state index in [1.165, 1.54) is 6.07 Å². The maximum Gasteiger partial charge on any atom is 0.146 e. The molecule has 2 rings (SSSR count). The Kier molecular flexibility index (Phi) is 4.55. The van der Waals surface area contributed by atoms with Crippen LogP contribution in [-0.4, -0.2) is 29.9 Å². The average Bonchev–Trinajstić information content (AvgIpc) is 2.39. The fourth-order valence-corrected chi connectivity index (χ4v) is 2.73. The van der Waals surface area contributed by atoms with Gasteiger partial charge in [-0.2, -0.15) is 0 Å². The normalized spacial score (nSPS) is 20.2. The van der Waals surface area contributed by atoms with Crippen LogP contribution >= 0.6 is 0 Å². The number of para-hydroxylation sites is 1. The van der Waals surface area contributed by atoms with Gasteiger partial charge in [-0.05, 0) is 31.2 Å². The SMILES string of the molecule is OCCC1CCCN(c2c(F)cccc2CO)C1. The molecule has 1 saturated heterocycles. The van der Waals surface area contributed by atoms with Gasteiger partial charge in [-0.1, -0.05) is 12.1 Å². The summed E-state index contributed by atoms with van der Waals surface area (Å²) in [6, 6.07) is 4.82. The minimum Gasteiger partial charge on any atom is -0.396 e. The van der Waals surface area contributed by atoms with Gasteiger partial charge in [0.1, 0.15) is 5.82 Å². The zero-order valence-electron chi connectivity index (χ0n) is 10.5. The minimum absolute atomic E-state index is 0.145. The highest BCUT2D eigenvalue weighted by Gasteiger charge is 2.23. The van der Waals surface area contributed by atoms with Crippen LogP contribution in [0.4, 0.5) is 10.1 Å². The standard InChI is InChI=1S/C14H20FNO2/c15-13-5-1-4-12(10-18)14(13)16-7-2-3-11(9-16)6-8-17/h1,4-5,11,17-18H,2-3,6-10H2. The molecule has 0 amide bonds. The lowest BCUT2D eigenvalue weighted by Gasteiger charge is -2.35. The van der Waals surface area contributed by atoms with Gasteiger partial charge in [-0.15, -0.1) is 0 Å². The summed E-state index contributed by atoms with van der Waals surface area (Å²) >= 11 is 0. The predicted molar refractivity (Wildman–Crippen MR) is 69.0 cm³/mol. The zero-order chi connectivity index (χ0) is 13.0. The Morgan fingerprint density at radius 3 is 2.89 bits per heavy atom. The molecular formula is C14H20FNO2. The summed E-state index contributed by atoms with van der Waals surface area (Å²) in [5.74, 6) is 0.140. The van der Waals surface area contributed by atoms with Crippen molar-refractivity contribution in [1.29, 1.82) is 0 Å². The number of aliphatic hydroxyl groups excluding tert-OH is 2. The van der Waals surface area contributed by atoms with Crippen molar-refractivity contribution >= 4 is 5.69 Å². The summed E-state index contributed by atoms with van der Waals surface area (Å²) in [5, 5.41) is 18.3. The van der Waals surface area contributed by atoms with Crippen molar-refractivity contribution < 1.29 is 14.6 Å². The van der Waals surface area contributed by atoms with Crippen LogP contribution in [0.15, 0.2) is 18.2 Å².